The summed E-state index contributed by atoms with van der Waals surface area (Å²) in [6.07, 6.45) is 7.56. The Bertz CT molecular complexity index is 479. The molecule has 1 aromatic carbocycles. The zero-order chi connectivity index (χ0) is 14.4. The van der Waals surface area contributed by atoms with Crippen molar-refractivity contribution in [1.29, 1.82) is 0 Å². The Labute approximate surface area is 120 Å². The molecular formula is C17H22O3. The van der Waals surface area contributed by atoms with Crippen LogP contribution in [0.1, 0.15) is 35.7 Å². The summed E-state index contributed by atoms with van der Waals surface area (Å²) in [5, 5.41) is 0. The molecule has 1 aliphatic carbocycles. The van der Waals surface area contributed by atoms with Gasteiger partial charge in [0.2, 0.25) is 0 Å². The minimum atomic E-state index is 0.484. The van der Waals surface area contributed by atoms with E-state index in [4.69, 9.17) is 9.47 Å². The van der Waals surface area contributed by atoms with Crippen LogP contribution in [0.15, 0.2) is 30.4 Å². The Morgan fingerprint density at radius 3 is 2.80 bits per heavy atom. The average Bonchev–Trinajstić information content (AvgIpc) is 2.49. The Hall–Kier alpha value is -1.61. The number of carbonyl (C=O) groups excluding carboxylic acids is 1. The number of ether oxygens (including phenoxy) is 2. The highest BCUT2D eigenvalue weighted by atomic mass is 16.5. The quantitative estimate of drug-likeness (QED) is 0.587. The molecule has 2 atom stereocenters. The number of hydrogen-bond acceptors (Lipinski definition) is 3. The zero-order valence-electron chi connectivity index (χ0n) is 12.2. The second-order valence-corrected chi connectivity index (χ2v) is 5.38. The van der Waals surface area contributed by atoms with Crippen LogP contribution in [0.4, 0.5) is 0 Å². The fraction of sp³-hybridized carbons (Fsp3) is 0.471. The maximum Gasteiger partial charge on any atom is 0.150 e. The molecule has 0 bridgehead atoms. The molecule has 20 heavy (non-hydrogen) atoms. The minimum absolute atomic E-state index is 0.484. The molecule has 3 heteroatoms. The lowest BCUT2D eigenvalue weighted by Gasteiger charge is -2.25. The van der Waals surface area contributed by atoms with Gasteiger partial charge in [0.05, 0.1) is 20.3 Å². The number of benzene rings is 1. The van der Waals surface area contributed by atoms with Gasteiger partial charge in [-0.2, -0.15) is 0 Å². The van der Waals surface area contributed by atoms with Gasteiger partial charge in [-0.25, -0.2) is 0 Å². The van der Waals surface area contributed by atoms with Gasteiger partial charge in [0.1, 0.15) is 12.0 Å². The third kappa shape index (κ3) is 3.70. The number of rotatable bonds is 6. The van der Waals surface area contributed by atoms with Gasteiger partial charge in [0.15, 0.2) is 0 Å². The van der Waals surface area contributed by atoms with Gasteiger partial charge in [-0.05, 0) is 42.9 Å². The van der Waals surface area contributed by atoms with Gasteiger partial charge >= 0.3 is 0 Å². The number of aldehydes is 1. The van der Waals surface area contributed by atoms with E-state index in [9.17, 15) is 4.79 Å². The third-order valence-electron chi connectivity index (χ3n) is 3.95. The van der Waals surface area contributed by atoms with Crippen LogP contribution in [0.5, 0.6) is 5.75 Å². The smallest absolute Gasteiger partial charge is 0.150 e. The fourth-order valence-electron chi connectivity index (χ4n) is 2.54. The highest BCUT2D eigenvalue weighted by Gasteiger charge is 2.18. The highest BCUT2D eigenvalue weighted by Crippen LogP contribution is 2.26. The Morgan fingerprint density at radius 2 is 2.10 bits per heavy atom. The van der Waals surface area contributed by atoms with Crippen LogP contribution >= 0.6 is 0 Å². The van der Waals surface area contributed by atoms with Crippen LogP contribution in [-0.4, -0.2) is 20.0 Å². The zero-order valence-corrected chi connectivity index (χ0v) is 12.2. The first-order valence-corrected chi connectivity index (χ1v) is 7.09. The van der Waals surface area contributed by atoms with E-state index in [0.717, 1.165) is 37.0 Å². The van der Waals surface area contributed by atoms with Crippen molar-refractivity contribution in [3.05, 3.63) is 41.5 Å². The lowest BCUT2D eigenvalue weighted by atomic mass is 9.85. The van der Waals surface area contributed by atoms with Gasteiger partial charge < -0.3 is 9.47 Å². The molecule has 0 aromatic heterocycles. The van der Waals surface area contributed by atoms with Crippen molar-refractivity contribution in [2.24, 2.45) is 11.8 Å². The van der Waals surface area contributed by atoms with Gasteiger partial charge in [0.25, 0.3) is 0 Å². The molecule has 1 aromatic rings. The van der Waals surface area contributed by atoms with Crippen molar-refractivity contribution < 1.29 is 14.3 Å². The standard InChI is InChI=1S/C17H22O3/c1-13-5-3-4-6-15(13)11-20-12-16-9-14(10-18)7-8-17(16)19-2/h3-4,7-10,13,15H,5-6,11-12H2,1-2H3. The minimum Gasteiger partial charge on any atom is -0.496 e. The number of carbonyl (C=O) groups is 1. The molecule has 0 aliphatic heterocycles. The molecule has 2 unspecified atom stereocenters. The van der Waals surface area contributed by atoms with Crippen molar-refractivity contribution in [3.63, 3.8) is 0 Å². The van der Waals surface area contributed by atoms with Gasteiger partial charge in [0, 0.05) is 11.1 Å². The monoisotopic (exact) mass is 274 g/mol. The summed E-state index contributed by atoms with van der Waals surface area (Å²) in [6.45, 7) is 3.50. The summed E-state index contributed by atoms with van der Waals surface area (Å²) in [5.41, 5.74) is 1.58. The molecule has 0 N–H and O–H groups in total. The van der Waals surface area contributed by atoms with Crippen molar-refractivity contribution in [2.75, 3.05) is 13.7 Å². The van der Waals surface area contributed by atoms with E-state index in [1.165, 1.54) is 0 Å². The van der Waals surface area contributed by atoms with E-state index in [1.54, 1.807) is 13.2 Å². The first kappa shape index (κ1) is 14.8. The molecule has 2 rings (SSSR count). The lowest BCUT2D eigenvalue weighted by molar-refractivity contribution is 0.0669. The van der Waals surface area contributed by atoms with Crippen LogP contribution < -0.4 is 4.74 Å². The largest absolute Gasteiger partial charge is 0.496 e. The predicted molar refractivity (Wildman–Crippen MR) is 79.1 cm³/mol. The molecule has 3 nitrogen and oxygen atoms in total. The van der Waals surface area contributed by atoms with Crippen molar-refractivity contribution in [3.8, 4) is 5.75 Å². The van der Waals surface area contributed by atoms with E-state index in [0.29, 0.717) is 24.0 Å². The van der Waals surface area contributed by atoms with Gasteiger partial charge in [-0.1, -0.05) is 19.1 Å². The fourth-order valence-corrected chi connectivity index (χ4v) is 2.54. The van der Waals surface area contributed by atoms with Crippen LogP contribution in [0.3, 0.4) is 0 Å². The van der Waals surface area contributed by atoms with Crippen molar-refractivity contribution >= 4 is 6.29 Å². The Kier molecular flexibility index (Phi) is 5.36. The predicted octanol–water partition coefficient (Wildman–Crippen LogP) is 3.63. The molecule has 0 amide bonds. The normalized spacial score (nSPS) is 21.7. The van der Waals surface area contributed by atoms with E-state index in [2.05, 4.69) is 19.1 Å². The SMILES string of the molecule is COc1ccc(C=O)cc1COCC1CC=CCC1C. The second-order valence-electron chi connectivity index (χ2n) is 5.38. The van der Waals surface area contributed by atoms with Gasteiger partial charge in [-0.3, -0.25) is 4.79 Å². The second kappa shape index (κ2) is 7.25. The molecule has 0 saturated heterocycles. The van der Waals surface area contributed by atoms with E-state index in [1.807, 2.05) is 12.1 Å². The van der Waals surface area contributed by atoms with Crippen LogP contribution in [0, 0.1) is 11.8 Å². The van der Waals surface area contributed by atoms with Crippen molar-refractivity contribution in [2.45, 2.75) is 26.4 Å². The molecule has 108 valence electrons. The summed E-state index contributed by atoms with van der Waals surface area (Å²) in [6, 6.07) is 5.40. The van der Waals surface area contributed by atoms with Crippen molar-refractivity contribution in [1.82, 2.24) is 0 Å². The number of methoxy groups -OCH3 is 1. The molecule has 0 spiro atoms. The Balaban J connectivity index is 1.93. The summed E-state index contributed by atoms with van der Waals surface area (Å²) >= 11 is 0. The lowest BCUT2D eigenvalue weighted by Crippen LogP contribution is -2.19. The van der Waals surface area contributed by atoms with Crippen LogP contribution in [0.2, 0.25) is 0 Å². The summed E-state index contributed by atoms with van der Waals surface area (Å²) in [5.74, 6) is 2.02. The van der Waals surface area contributed by atoms with Crippen LogP contribution in [-0.2, 0) is 11.3 Å². The number of allylic oxidation sites excluding steroid dienone is 2. The molecule has 0 radical (unpaired) electrons. The van der Waals surface area contributed by atoms with Gasteiger partial charge in [-0.15, -0.1) is 0 Å². The maximum absolute atomic E-state index is 10.8. The average molecular weight is 274 g/mol. The van der Waals surface area contributed by atoms with E-state index >= 15 is 0 Å². The molecule has 0 heterocycles. The molecule has 1 aliphatic rings. The third-order valence-corrected chi connectivity index (χ3v) is 3.95. The topological polar surface area (TPSA) is 35.5 Å². The van der Waals surface area contributed by atoms with Crippen LogP contribution in [0.25, 0.3) is 0 Å². The first-order chi connectivity index (χ1) is 9.74. The Morgan fingerprint density at radius 1 is 1.30 bits per heavy atom. The first-order valence-electron chi connectivity index (χ1n) is 7.09. The van der Waals surface area contributed by atoms with E-state index in [-0.39, 0.29) is 0 Å². The summed E-state index contributed by atoms with van der Waals surface area (Å²) in [7, 11) is 1.63. The molecule has 0 saturated carbocycles. The summed E-state index contributed by atoms with van der Waals surface area (Å²) in [4.78, 5) is 10.8. The summed E-state index contributed by atoms with van der Waals surface area (Å²) < 4.78 is 11.1. The highest BCUT2D eigenvalue weighted by molar-refractivity contribution is 5.75. The maximum atomic E-state index is 10.8. The van der Waals surface area contributed by atoms with E-state index < -0.39 is 0 Å². The molecular weight excluding hydrogens is 252 g/mol. The number of hydrogen-bond donors (Lipinski definition) is 0. The molecule has 0 fully saturated rings.